The SMILES string of the molecule is CN1CNC2=C1NN(Br)CC2=O. The van der Waals surface area contributed by atoms with E-state index in [0.29, 0.717) is 18.9 Å². The summed E-state index contributed by atoms with van der Waals surface area (Å²) in [6.45, 7) is 1.03. The third-order valence-corrected chi connectivity index (χ3v) is 2.33. The number of hydrogen-bond donors (Lipinski definition) is 2. The minimum atomic E-state index is 0.102. The summed E-state index contributed by atoms with van der Waals surface area (Å²) in [5, 5.41) is 3.02. The Labute approximate surface area is 78.7 Å². The van der Waals surface area contributed by atoms with Gasteiger partial charge in [-0.15, -0.1) is 4.03 Å². The number of ketones is 1. The number of nitrogens with zero attached hydrogens (tertiary/aromatic N) is 2. The molecule has 5 nitrogen and oxygen atoms in total. The van der Waals surface area contributed by atoms with Crippen LogP contribution in [0.3, 0.4) is 0 Å². The molecule has 66 valence electrons. The summed E-state index contributed by atoms with van der Waals surface area (Å²) >= 11 is 3.21. The molecular formula is C6H9BrN4O. The lowest BCUT2D eigenvalue weighted by molar-refractivity contribution is -0.116. The Balaban J connectivity index is 2.31. The first-order valence-electron chi connectivity index (χ1n) is 3.61. The van der Waals surface area contributed by atoms with Crippen LogP contribution >= 0.6 is 16.1 Å². The first-order chi connectivity index (χ1) is 5.68. The van der Waals surface area contributed by atoms with Crippen molar-refractivity contribution < 1.29 is 4.79 Å². The first-order valence-corrected chi connectivity index (χ1v) is 4.32. The number of rotatable bonds is 0. The molecule has 0 spiro atoms. The molecule has 0 saturated carbocycles. The van der Waals surface area contributed by atoms with Crippen LogP contribution in [0.5, 0.6) is 0 Å². The van der Waals surface area contributed by atoms with E-state index in [-0.39, 0.29) is 5.78 Å². The van der Waals surface area contributed by atoms with Crippen molar-refractivity contribution in [1.29, 1.82) is 0 Å². The van der Waals surface area contributed by atoms with Gasteiger partial charge in [0, 0.05) is 23.2 Å². The fourth-order valence-corrected chi connectivity index (χ4v) is 1.68. The Morgan fingerprint density at radius 2 is 2.33 bits per heavy atom. The maximum atomic E-state index is 11.4. The molecule has 0 aromatic heterocycles. The van der Waals surface area contributed by atoms with Gasteiger partial charge in [0.05, 0.1) is 13.2 Å². The zero-order valence-corrected chi connectivity index (χ0v) is 8.18. The second-order valence-electron chi connectivity index (χ2n) is 2.81. The largest absolute Gasteiger partial charge is 0.362 e. The number of carbonyl (C=O) groups excluding carboxylic acids is 1. The second-order valence-corrected chi connectivity index (χ2v) is 3.67. The van der Waals surface area contributed by atoms with E-state index < -0.39 is 0 Å². The lowest BCUT2D eigenvalue weighted by Gasteiger charge is -2.25. The number of nitrogens with one attached hydrogen (secondary N) is 2. The molecule has 2 aliphatic heterocycles. The molecular weight excluding hydrogens is 224 g/mol. The van der Waals surface area contributed by atoms with Gasteiger partial charge in [0.2, 0.25) is 0 Å². The molecule has 2 aliphatic rings. The highest BCUT2D eigenvalue weighted by molar-refractivity contribution is 9.07. The molecule has 0 amide bonds. The third-order valence-electron chi connectivity index (χ3n) is 1.90. The molecule has 0 atom stereocenters. The molecule has 12 heavy (non-hydrogen) atoms. The maximum Gasteiger partial charge on any atom is 0.199 e. The van der Waals surface area contributed by atoms with Crippen LogP contribution in [-0.4, -0.2) is 35.0 Å². The Morgan fingerprint density at radius 1 is 1.58 bits per heavy atom. The Kier molecular flexibility index (Phi) is 1.73. The van der Waals surface area contributed by atoms with Crippen LogP contribution in [0, 0.1) is 0 Å². The van der Waals surface area contributed by atoms with E-state index in [1.165, 1.54) is 0 Å². The maximum absolute atomic E-state index is 11.4. The fourth-order valence-electron chi connectivity index (χ4n) is 1.28. The summed E-state index contributed by atoms with van der Waals surface area (Å²) in [7, 11) is 1.92. The van der Waals surface area contributed by atoms with Gasteiger partial charge in [-0.05, 0) is 0 Å². The Hall–Kier alpha value is -0.750. The van der Waals surface area contributed by atoms with Crippen LogP contribution < -0.4 is 10.7 Å². The van der Waals surface area contributed by atoms with Crippen molar-refractivity contribution in [2.45, 2.75) is 0 Å². The quantitative estimate of drug-likeness (QED) is 0.544. The van der Waals surface area contributed by atoms with E-state index in [2.05, 4.69) is 26.9 Å². The summed E-state index contributed by atoms with van der Waals surface area (Å²) in [5.41, 5.74) is 3.72. The van der Waals surface area contributed by atoms with Crippen molar-refractivity contribution in [2.75, 3.05) is 20.3 Å². The smallest absolute Gasteiger partial charge is 0.199 e. The van der Waals surface area contributed by atoms with Gasteiger partial charge in [-0.2, -0.15) is 0 Å². The van der Waals surface area contributed by atoms with Crippen LogP contribution in [0.15, 0.2) is 11.5 Å². The Morgan fingerprint density at radius 3 is 3.08 bits per heavy atom. The molecule has 2 rings (SSSR count). The standard InChI is InChI=1S/C6H9BrN4O/c1-10-3-8-5-4(12)2-11(7)9-6(5)10/h8-9H,2-3H2,1H3. The molecule has 2 N–H and O–H groups in total. The van der Waals surface area contributed by atoms with Gasteiger partial charge in [-0.1, -0.05) is 0 Å². The predicted octanol–water partition coefficient (Wildman–Crippen LogP) is -0.653. The molecule has 0 aromatic carbocycles. The average Bonchev–Trinajstić information content (AvgIpc) is 2.33. The van der Waals surface area contributed by atoms with Crippen LogP contribution in [0.2, 0.25) is 0 Å². The molecule has 0 aromatic rings. The monoisotopic (exact) mass is 232 g/mol. The third kappa shape index (κ3) is 1.07. The van der Waals surface area contributed by atoms with Crippen LogP contribution in [0.25, 0.3) is 0 Å². The lowest BCUT2D eigenvalue weighted by Crippen LogP contribution is -2.42. The normalized spacial score (nSPS) is 23.8. The highest BCUT2D eigenvalue weighted by Gasteiger charge is 2.30. The zero-order valence-electron chi connectivity index (χ0n) is 6.59. The van der Waals surface area contributed by atoms with Gasteiger partial charge in [0.25, 0.3) is 0 Å². The van der Waals surface area contributed by atoms with Crippen molar-refractivity contribution in [3.63, 3.8) is 0 Å². The van der Waals surface area contributed by atoms with E-state index >= 15 is 0 Å². The molecule has 6 heteroatoms. The molecule has 0 bridgehead atoms. The summed E-state index contributed by atoms with van der Waals surface area (Å²) in [6, 6.07) is 0. The lowest BCUT2D eigenvalue weighted by atomic mass is 10.2. The van der Waals surface area contributed by atoms with Crippen LogP contribution in [-0.2, 0) is 4.79 Å². The van der Waals surface area contributed by atoms with Crippen LogP contribution in [0.1, 0.15) is 0 Å². The fraction of sp³-hybridized carbons (Fsp3) is 0.500. The summed E-state index contributed by atoms with van der Waals surface area (Å²) < 4.78 is 1.59. The number of Topliss-reactive ketones (excluding diaryl/α,β-unsaturated/α-hetero) is 1. The number of hydrazine groups is 1. The van der Waals surface area contributed by atoms with Crippen molar-refractivity contribution in [1.82, 2.24) is 19.7 Å². The topological polar surface area (TPSA) is 47.6 Å². The molecule has 0 saturated heterocycles. The Bertz CT molecular complexity index is 264. The summed E-state index contributed by atoms with van der Waals surface area (Å²) in [6.07, 6.45) is 0. The highest BCUT2D eigenvalue weighted by atomic mass is 79.9. The minimum absolute atomic E-state index is 0.102. The number of halogens is 1. The molecule has 2 heterocycles. The first kappa shape index (κ1) is 7.88. The predicted molar refractivity (Wildman–Crippen MR) is 46.6 cm³/mol. The summed E-state index contributed by atoms with van der Waals surface area (Å²) in [4.78, 5) is 13.3. The minimum Gasteiger partial charge on any atom is -0.362 e. The van der Waals surface area contributed by atoms with E-state index in [9.17, 15) is 4.79 Å². The number of hydrogen-bond acceptors (Lipinski definition) is 5. The van der Waals surface area contributed by atoms with E-state index in [0.717, 1.165) is 5.82 Å². The molecule has 0 fully saturated rings. The zero-order chi connectivity index (χ0) is 8.72. The molecule has 0 unspecified atom stereocenters. The van der Waals surface area contributed by atoms with Crippen molar-refractivity contribution >= 4 is 21.9 Å². The second kappa shape index (κ2) is 2.63. The molecule has 0 radical (unpaired) electrons. The van der Waals surface area contributed by atoms with Gasteiger partial charge in [-0.25, -0.2) is 0 Å². The van der Waals surface area contributed by atoms with Gasteiger partial charge < -0.3 is 10.2 Å². The van der Waals surface area contributed by atoms with E-state index in [1.54, 1.807) is 4.03 Å². The van der Waals surface area contributed by atoms with E-state index in [1.807, 2.05) is 11.9 Å². The highest BCUT2D eigenvalue weighted by Crippen LogP contribution is 2.17. The van der Waals surface area contributed by atoms with Gasteiger partial charge >= 0.3 is 0 Å². The van der Waals surface area contributed by atoms with E-state index in [4.69, 9.17) is 0 Å². The van der Waals surface area contributed by atoms with Gasteiger partial charge in [0.15, 0.2) is 5.78 Å². The average molecular weight is 233 g/mol. The molecule has 0 aliphatic carbocycles. The van der Waals surface area contributed by atoms with Crippen LogP contribution in [0.4, 0.5) is 0 Å². The van der Waals surface area contributed by atoms with Gasteiger partial charge in [-0.3, -0.25) is 10.2 Å². The van der Waals surface area contributed by atoms with Crippen molar-refractivity contribution in [3.8, 4) is 0 Å². The van der Waals surface area contributed by atoms with Gasteiger partial charge in [0.1, 0.15) is 11.5 Å². The van der Waals surface area contributed by atoms with Crippen molar-refractivity contribution in [3.05, 3.63) is 11.5 Å². The number of carbonyl (C=O) groups is 1. The summed E-state index contributed by atoms with van der Waals surface area (Å²) in [5.74, 6) is 0.938. The van der Waals surface area contributed by atoms with Crippen molar-refractivity contribution in [2.24, 2.45) is 0 Å².